The molecule has 0 atom stereocenters. The molecule has 0 aromatic heterocycles. The molecule has 1 saturated heterocycles. The van der Waals surface area contributed by atoms with Crippen molar-refractivity contribution in [3.63, 3.8) is 0 Å². The van der Waals surface area contributed by atoms with Gasteiger partial charge in [0.05, 0.1) is 18.6 Å². The van der Waals surface area contributed by atoms with E-state index >= 15 is 0 Å². The van der Waals surface area contributed by atoms with E-state index in [9.17, 15) is 14.4 Å². The molecule has 0 spiro atoms. The van der Waals surface area contributed by atoms with Crippen LogP contribution in [0.15, 0.2) is 18.2 Å². The average Bonchev–Trinajstić information content (AvgIpc) is 2.73. The molecule has 166 valence electrons. The van der Waals surface area contributed by atoms with Crippen molar-refractivity contribution < 1.29 is 23.9 Å². The molecule has 0 radical (unpaired) electrons. The Hall–Kier alpha value is -2.32. The van der Waals surface area contributed by atoms with Crippen LogP contribution in [0.5, 0.6) is 5.75 Å². The van der Waals surface area contributed by atoms with Crippen molar-refractivity contribution in [3.05, 3.63) is 28.8 Å². The topological polar surface area (TPSA) is 88.2 Å². The lowest BCUT2D eigenvalue weighted by atomic mass is 10.1. The van der Waals surface area contributed by atoms with Gasteiger partial charge in [-0.2, -0.15) is 0 Å². The van der Waals surface area contributed by atoms with Crippen LogP contribution < -0.4 is 10.1 Å². The second-order valence-electron chi connectivity index (χ2n) is 7.48. The summed E-state index contributed by atoms with van der Waals surface area (Å²) in [7, 11) is 5.20. The van der Waals surface area contributed by atoms with E-state index < -0.39 is 0 Å². The number of hydrogen-bond donors (Lipinski definition) is 1. The minimum atomic E-state index is -0.383. The molecule has 1 aliphatic rings. The van der Waals surface area contributed by atoms with Gasteiger partial charge in [0.25, 0.3) is 5.91 Å². The second kappa shape index (κ2) is 11.8. The van der Waals surface area contributed by atoms with Crippen LogP contribution in [-0.2, 0) is 14.3 Å². The van der Waals surface area contributed by atoms with Crippen molar-refractivity contribution in [1.82, 2.24) is 15.1 Å². The molecule has 1 aromatic rings. The van der Waals surface area contributed by atoms with Gasteiger partial charge in [0.15, 0.2) is 0 Å². The van der Waals surface area contributed by atoms with Gasteiger partial charge in [-0.15, -0.1) is 0 Å². The van der Waals surface area contributed by atoms with E-state index in [1.165, 1.54) is 7.11 Å². The predicted octanol–water partition coefficient (Wildman–Crippen LogP) is 1.95. The van der Waals surface area contributed by atoms with Gasteiger partial charge < -0.3 is 24.6 Å². The van der Waals surface area contributed by atoms with E-state index in [1.54, 1.807) is 23.1 Å². The number of likely N-dealkylation sites (tertiary alicyclic amines) is 1. The van der Waals surface area contributed by atoms with Crippen molar-refractivity contribution in [1.29, 1.82) is 0 Å². The van der Waals surface area contributed by atoms with Gasteiger partial charge in [-0.1, -0.05) is 11.6 Å². The number of halogens is 1. The standard InChI is InChI=1S/C21H30ClN3O5/c1-24(2)13-10-23-21(28)15-4-5-18(17(22)14-15)30-16-8-11-25(12-9-16)19(26)6-7-20(27)29-3/h4-5,14,16H,6-13H2,1-3H3,(H,23,28). The summed E-state index contributed by atoms with van der Waals surface area (Å²) in [6.45, 7) is 2.44. The number of esters is 1. The number of piperidine rings is 1. The van der Waals surface area contributed by atoms with Gasteiger partial charge >= 0.3 is 5.97 Å². The molecule has 1 N–H and O–H groups in total. The Morgan fingerprint density at radius 3 is 2.50 bits per heavy atom. The fraction of sp³-hybridized carbons (Fsp3) is 0.571. The lowest BCUT2D eigenvalue weighted by Gasteiger charge is -2.32. The Labute approximate surface area is 182 Å². The summed E-state index contributed by atoms with van der Waals surface area (Å²) in [5.41, 5.74) is 0.483. The zero-order valence-corrected chi connectivity index (χ0v) is 18.5. The van der Waals surface area contributed by atoms with Crippen molar-refractivity contribution in [3.8, 4) is 5.75 Å². The van der Waals surface area contributed by atoms with E-state index in [1.807, 2.05) is 19.0 Å². The summed E-state index contributed by atoms with van der Waals surface area (Å²) in [5.74, 6) is -0.0893. The summed E-state index contributed by atoms with van der Waals surface area (Å²) < 4.78 is 10.6. The van der Waals surface area contributed by atoms with Crippen LogP contribution in [0.25, 0.3) is 0 Å². The largest absolute Gasteiger partial charge is 0.489 e. The number of carbonyl (C=O) groups is 3. The lowest BCUT2D eigenvalue weighted by Crippen LogP contribution is -2.41. The molecule has 0 bridgehead atoms. The number of nitrogens with zero attached hydrogens (tertiary/aromatic N) is 2. The molecule has 1 aromatic carbocycles. The number of rotatable bonds is 9. The molecular formula is C21H30ClN3O5. The van der Waals surface area contributed by atoms with Gasteiger partial charge in [0.2, 0.25) is 5.91 Å². The third kappa shape index (κ3) is 7.50. The van der Waals surface area contributed by atoms with Gasteiger partial charge in [0.1, 0.15) is 11.9 Å². The minimum Gasteiger partial charge on any atom is -0.489 e. The van der Waals surface area contributed by atoms with E-state index in [0.29, 0.717) is 48.8 Å². The molecule has 2 amide bonds. The molecule has 0 aliphatic carbocycles. The Bertz CT molecular complexity index is 748. The first-order valence-corrected chi connectivity index (χ1v) is 10.4. The Morgan fingerprint density at radius 1 is 1.20 bits per heavy atom. The number of benzene rings is 1. The van der Waals surface area contributed by atoms with Crippen molar-refractivity contribution >= 4 is 29.4 Å². The number of amides is 2. The molecule has 1 fully saturated rings. The van der Waals surface area contributed by atoms with E-state index in [4.69, 9.17) is 16.3 Å². The lowest BCUT2D eigenvalue weighted by molar-refractivity contribution is -0.144. The minimum absolute atomic E-state index is 0.0542. The summed E-state index contributed by atoms with van der Waals surface area (Å²) in [6.07, 6.45) is 1.53. The molecule has 2 rings (SSSR count). The Kier molecular flexibility index (Phi) is 9.39. The molecule has 30 heavy (non-hydrogen) atoms. The number of likely N-dealkylation sites (N-methyl/N-ethyl adjacent to an activating group) is 1. The highest BCUT2D eigenvalue weighted by Crippen LogP contribution is 2.28. The Morgan fingerprint density at radius 2 is 1.90 bits per heavy atom. The molecule has 8 nitrogen and oxygen atoms in total. The SMILES string of the molecule is COC(=O)CCC(=O)N1CCC(Oc2ccc(C(=O)NCCN(C)C)cc2Cl)CC1. The molecule has 1 aliphatic heterocycles. The molecule has 9 heteroatoms. The summed E-state index contributed by atoms with van der Waals surface area (Å²) in [4.78, 5) is 39.3. The van der Waals surface area contributed by atoms with Gasteiger partial charge in [-0.05, 0) is 32.3 Å². The number of ether oxygens (including phenoxy) is 2. The fourth-order valence-electron chi connectivity index (χ4n) is 3.10. The smallest absolute Gasteiger partial charge is 0.306 e. The van der Waals surface area contributed by atoms with Crippen molar-refractivity contribution in [2.75, 3.05) is 47.4 Å². The van der Waals surface area contributed by atoms with Crippen LogP contribution >= 0.6 is 11.6 Å². The van der Waals surface area contributed by atoms with Gasteiger partial charge in [0, 0.05) is 51.0 Å². The zero-order valence-electron chi connectivity index (χ0n) is 17.8. The third-order valence-electron chi connectivity index (χ3n) is 4.90. The van der Waals surface area contributed by atoms with Crippen LogP contribution in [0, 0.1) is 0 Å². The first-order valence-electron chi connectivity index (χ1n) is 10.0. The number of methoxy groups -OCH3 is 1. The second-order valence-corrected chi connectivity index (χ2v) is 7.89. The molecule has 1 heterocycles. The maximum atomic E-state index is 12.2. The maximum Gasteiger partial charge on any atom is 0.306 e. The van der Waals surface area contributed by atoms with Crippen molar-refractivity contribution in [2.24, 2.45) is 0 Å². The molecule has 0 unspecified atom stereocenters. The number of hydrogen-bond acceptors (Lipinski definition) is 6. The van der Waals surface area contributed by atoms with E-state index in [0.717, 1.165) is 6.54 Å². The number of carbonyl (C=O) groups excluding carboxylic acids is 3. The highest BCUT2D eigenvalue weighted by atomic mass is 35.5. The summed E-state index contributed by atoms with van der Waals surface area (Å²) in [6, 6.07) is 5.00. The first-order chi connectivity index (χ1) is 14.3. The highest BCUT2D eigenvalue weighted by molar-refractivity contribution is 6.32. The van der Waals surface area contributed by atoms with Crippen LogP contribution in [0.3, 0.4) is 0 Å². The highest BCUT2D eigenvalue weighted by Gasteiger charge is 2.25. The summed E-state index contributed by atoms with van der Waals surface area (Å²) >= 11 is 6.32. The molecular weight excluding hydrogens is 410 g/mol. The van der Waals surface area contributed by atoms with Gasteiger partial charge in [-0.3, -0.25) is 14.4 Å². The van der Waals surface area contributed by atoms with Crippen molar-refractivity contribution in [2.45, 2.75) is 31.8 Å². The number of nitrogens with one attached hydrogen (secondary N) is 1. The van der Waals surface area contributed by atoms with Crippen LogP contribution in [0.4, 0.5) is 0 Å². The summed E-state index contributed by atoms with van der Waals surface area (Å²) in [5, 5.41) is 3.23. The first kappa shape index (κ1) is 24.0. The quantitative estimate of drug-likeness (QED) is 0.592. The van der Waals surface area contributed by atoms with E-state index in [-0.39, 0.29) is 36.7 Å². The zero-order chi connectivity index (χ0) is 22.1. The monoisotopic (exact) mass is 439 g/mol. The van der Waals surface area contributed by atoms with Crippen LogP contribution in [0.1, 0.15) is 36.0 Å². The average molecular weight is 440 g/mol. The fourth-order valence-corrected chi connectivity index (χ4v) is 3.33. The van der Waals surface area contributed by atoms with Crippen LogP contribution in [0.2, 0.25) is 5.02 Å². The predicted molar refractivity (Wildman–Crippen MR) is 114 cm³/mol. The normalized spacial score (nSPS) is 14.5. The van der Waals surface area contributed by atoms with Crippen LogP contribution in [-0.4, -0.2) is 81.1 Å². The third-order valence-corrected chi connectivity index (χ3v) is 5.19. The Balaban J connectivity index is 1.81. The molecule has 0 saturated carbocycles. The van der Waals surface area contributed by atoms with E-state index in [2.05, 4.69) is 10.1 Å². The van der Waals surface area contributed by atoms with Gasteiger partial charge in [-0.25, -0.2) is 0 Å². The maximum absolute atomic E-state index is 12.2.